The number of nitrogens with one attached hydrogen (secondary N) is 1. The van der Waals surface area contributed by atoms with Gasteiger partial charge in [-0.15, -0.1) is 0 Å². The fourth-order valence-electron chi connectivity index (χ4n) is 9.35. The van der Waals surface area contributed by atoms with Gasteiger partial charge in [-0.3, -0.25) is 23.9 Å². The number of benzene rings is 2. The maximum Gasteiger partial charge on any atom is 0.307 e. The molecule has 0 spiro atoms. The van der Waals surface area contributed by atoms with Gasteiger partial charge in [0.05, 0.1) is 59.5 Å². The van der Waals surface area contributed by atoms with Gasteiger partial charge in [0.1, 0.15) is 29.0 Å². The highest BCUT2D eigenvalue weighted by molar-refractivity contribution is 7.91. The maximum atomic E-state index is 15.2. The van der Waals surface area contributed by atoms with Crippen LogP contribution in [0.4, 0.5) is 0 Å². The third-order valence-electron chi connectivity index (χ3n) is 13.4. The van der Waals surface area contributed by atoms with E-state index >= 15 is 4.79 Å². The molecule has 7 atom stereocenters. The molecule has 64 heavy (non-hydrogen) atoms. The molecule has 2 aliphatic heterocycles. The Morgan fingerprint density at radius 3 is 2.36 bits per heavy atom. The van der Waals surface area contributed by atoms with Gasteiger partial charge in [-0.2, -0.15) is 0 Å². The molecular formula is C50H65N3O10S. The minimum absolute atomic E-state index is 0.00756. The molecule has 0 bridgehead atoms. The highest BCUT2D eigenvalue weighted by Gasteiger charge is 2.62. The van der Waals surface area contributed by atoms with Gasteiger partial charge in [0, 0.05) is 35.9 Å². The molecule has 7 rings (SSSR count). The first-order valence-electron chi connectivity index (χ1n) is 22.8. The number of ether oxygens (including phenoxy) is 4. The molecule has 3 aromatic rings. The first-order valence-corrected chi connectivity index (χ1v) is 24.3. The van der Waals surface area contributed by atoms with Gasteiger partial charge >= 0.3 is 5.97 Å². The van der Waals surface area contributed by atoms with E-state index in [1.54, 1.807) is 39.7 Å². The van der Waals surface area contributed by atoms with Crippen LogP contribution in [-0.2, 0) is 33.9 Å². The normalized spacial score (nSPS) is 27.7. The molecule has 1 aromatic heterocycles. The predicted molar refractivity (Wildman–Crippen MR) is 244 cm³/mol. The zero-order chi connectivity index (χ0) is 46.4. The number of methoxy groups -OCH3 is 1. The van der Waals surface area contributed by atoms with Crippen LogP contribution in [0, 0.1) is 29.1 Å². The lowest BCUT2D eigenvalue weighted by molar-refractivity contribution is -0.160. The van der Waals surface area contributed by atoms with Crippen LogP contribution in [0.2, 0.25) is 0 Å². The van der Waals surface area contributed by atoms with Gasteiger partial charge in [0.25, 0.3) is 0 Å². The third kappa shape index (κ3) is 10.4. The molecular weight excluding hydrogens is 835 g/mol. The van der Waals surface area contributed by atoms with Gasteiger partial charge in [-0.05, 0) is 134 Å². The molecule has 346 valence electrons. The van der Waals surface area contributed by atoms with Crippen LogP contribution in [0.5, 0.6) is 17.2 Å². The topological polar surface area (TPSA) is 168 Å². The second-order valence-electron chi connectivity index (χ2n) is 20.3. The summed E-state index contributed by atoms with van der Waals surface area (Å²) in [6, 6.07) is 14.0. The summed E-state index contributed by atoms with van der Waals surface area (Å²) >= 11 is 0. The van der Waals surface area contributed by atoms with E-state index in [1.165, 1.54) is 0 Å². The van der Waals surface area contributed by atoms with Crippen LogP contribution in [0.3, 0.4) is 0 Å². The van der Waals surface area contributed by atoms with Crippen LogP contribution < -0.4 is 18.9 Å². The lowest BCUT2D eigenvalue weighted by Crippen LogP contribution is -2.48. The van der Waals surface area contributed by atoms with Crippen molar-refractivity contribution in [2.75, 3.05) is 13.7 Å². The van der Waals surface area contributed by atoms with Gasteiger partial charge in [-0.25, -0.2) is 13.4 Å². The van der Waals surface area contributed by atoms with Gasteiger partial charge in [0.15, 0.2) is 5.78 Å². The third-order valence-corrected chi connectivity index (χ3v) is 15.6. The molecule has 13 nitrogen and oxygen atoms in total. The number of carbonyl (C=O) groups excluding carboxylic acids is 4. The Labute approximate surface area is 378 Å². The van der Waals surface area contributed by atoms with Crippen molar-refractivity contribution < 1.29 is 46.5 Å². The zero-order valence-corrected chi connectivity index (χ0v) is 39.6. The number of pyridine rings is 1. The molecule has 2 amide bonds. The van der Waals surface area contributed by atoms with Crippen molar-refractivity contribution in [3.63, 3.8) is 0 Å². The molecule has 2 saturated carbocycles. The Balaban J connectivity index is 1.26. The average molecular weight is 900 g/mol. The Morgan fingerprint density at radius 2 is 1.70 bits per heavy atom. The van der Waals surface area contributed by atoms with E-state index in [2.05, 4.69) is 11.6 Å². The highest BCUT2D eigenvalue weighted by Crippen LogP contribution is 2.58. The number of esters is 1. The summed E-state index contributed by atoms with van der Waals surface area (Å²) in [5, 5.41) is 0.700. The summed E-state index contributed by atoms with van der Waals surface area (Å²) < 4.78 is 52.1. The van der Waals surface area contributed by atoms with Crippen LogP contribution in [0.25, 0.3) is 22.2 Å². The summed E-state index contributed by atoms with van der Waals surface area (Å²) in [5.74, 6) is -1.27. The molecule has 0 radical (unpaired) electrons. The monoisotopic (exact) mass is 899 g/mol. The standard InChI is InChI=1S/C50H65N3O10S/c1-30(2)61-35-16-14-33(15-17-35)40-26-44(38-19-18-36(60-9)23-41(38)51-40)62-37-24-42-43(54)28-50(47(57)52-64(58,59)49(8)20-21-49)27-34(50)13-11-10-12-31(3)22-32(4)39(46(56)53(42)29-37)25-45(55)63-48(5,6)7/h11,13-19,23,26,30-32,34,37,39,42H,10,12,20-22,24-25,27-29H2,1-9H3,(H,52,57)/b13-11-/t31-,32-,34-,37-,39+,42+,50-/m1/s1. The van der Waals surface area contributed by atoms with E-state index < -0.39 is 55.7 Å². The summed E-state index contributed by atoms with van der Waals surface area (Å²) in [5.41, 5.74) is -0.000607. The molecule has 0 unspecified atom stereocenters. The van der Waals surface area contributed by atoms with E-state index in [0.29, 0.717) is 60.2 Å². The first-order chi connectivity index (χ1) is 30.1. The van der Waals surface area contributed by atoms with Crippen molar-refractivity contribution in [2.45, 2.75) is 142 Å². The zero-order valence-electron chi connectivity index (χ0n) is 38.8. The lowest BCUT2D eigenvalue weighted by Gasteiger charge is -2.32. The molecule has 14 heteroatoms. The van der Waals surface area contributed by atoms with Gasteiger partial charge in [-0.1, -0.05) is 26.0 Å². The molecule has 2 aliphatic carbocycles. The number of amides is 2. The van der Waals surface area contributed by atoms with E-state index in [0.717, 1.165) is 17.7 Å². The van der Waals surface area contributed by atoms with E-state index in [9.17, 15) is 22.8 Å². The van der Waals surface area contributed by atoms with E-state index in [-0.39, 0.29) is 61.4 Å². The molecule has 1 N–H and O–H groups in total. The number of nitrogens with zero attached hydrogens (tertiary/aromatic N) is 2. The van der Waals surface area contributed by atoms with Crippen molar-refractivity contribution >= 4 is 44.5 Å². The SMILES string of the molecule is COc1ccc2c(O[C@@H]3C[C@H]4C(=O)C[C@]5(C(=O)NS(=O)(=O)C6(C)CC6)C[C@H]5/C=C\CC[C@@H](C)C[C@@H](C)[C@H](CC(=O)OC(C)(C)C)C(=O)N4C3)cc(-c3ccc(OC(C)C)cc3)nc2c1. The fraction of sp³-hybridized carbons (Fsp3) is 0.580. The first kappa shape index (κ1) is 47.0. The molecule has 1 saturated heterocycles. The summed E-state index contributed by atoms with van der Waals surface area (Å²) in [6.45, 7) is 15.0. The van der Waals surface area contributed by atoms with E-state index in [1.807, 2.05) is 81.5 Å². The van der Waals surface area contributed by atoms with E-state index in [4.69, 9.17) is 23.9 Å². The van der Waals surface area contributed by atoms with Gasteiger partial charge in [0.2, 0.25) is 21.8 Å². The maximum absolute atomic E-state index is 15.2. The quantitative estimate of drug-likeness (QED) is 0.145. The number of ketones is 1. The van der Waals surface area contributed by atoms with Crippen molar-refractivity contribution in [2.24, 2.45) is 29.1 Å². The average Bonchev–Trinajstić information content (AvgIpc) is 4.10. The Hall–Kier alpha value is -4.98. The highest BCUT2D eigenvalue weighted by atomic mass is 32.2. The van der Waals surface area contributed by atoms with Crippen molar-refractivity contribution in [1.29, 1.82) is 0 Å². The number of Topliss-reactive ketones (excluding diaryl/α,β-unsaturated/α-hetero) is 1. The number of carbonyl (C=O) groups is 4. The Kier molecular flexibility index (Phi) is 13.3. The predicted octanol–water partition coefficient (Wildman–Crippen LogP) is 8.37. The Morgan fingerprint density at radius 1 is 1.00 bits per heavy atom. The minimum Gasteiger partial charge on any atom is -0.497 e. The van der Waals surface area contributed by atoms with Crippen molar-refractivity contribution in [3.8, 4) is 28.5 Å². The summed E-state index contributed by atoms with van der Waals surface area (Å²) in [4.78, 5) is 64.3. The minimum atomic E-state index is -3.98. The van der Waals surface area contributed by atoms with Crippen molar-refractivity contribution in [1.82, 2.24) is 14.6 Å². The van der Waals surface area contributed by atoms with Crippen LogP contribution in [-0.4, -0.2) is 84.1 Å². The summed E-state index contributed by atoms with van der Waals surface area (Å²) in [6.07, 6.45) is 6.37. The van der Waals surface area contributed by atoms with Crippen LogP contribution >= 0.6 is 0 Å². The second kappa shape index (κ2) is 18.1. The molecule has 3 fully saturated rings. The smallest absolute Gasteiger partial charge is 0.307 e. The summed E-state index contributed by atoms with van der Waals surface area (Å²) in [7, 11) is -2.40. The second-order valence-corrected chi connectivity index (χ2v) is 22.5. The number of hydrogen-bond acceptors (Lipinski definition) is 11. The molecule has 2 aromatic carbocycles. The Bertz CT molecular complexity index is 2400. The molecule has 4 aliphatic rings. The van der Waals surface area contributed by atoms with Gasteiger partial charge < -0.3 is 23.8 Å². The number of allylic oxidation sites excluding steroid dienone is 2. The number of rotatable bonds is 11. The number of sulfonamides is 1. The largest absolute Gasteiger partial charge is 0.497 e. The molecule has 3 heterocycles. The number of hydrogen-bond donors (Lipinski definition) is 1. The number of fused-ring (bicyclic) bond motifs is 3. The van der Waals surface area contributed by atoms with Crippen molar-refractivity contribution in [3.05, 3.63) is 60.7 Å². The lowest BCUT2D eigenvalue weighted by atomic mass is 9.82. The number of aromatic nitrogens is 1. The fourth-order valence-corrected chi connectivity index (χ4v) is 10.7. The van der Waals surface area contributed by atoms with Crippen LogP contribution in [0.15, 0.2) is 60.7 Å². The van der Waals surface area contributed by atoms with Crippen LogP contribution in [0.1, 0.15) is 113 Å².